The Kier molecular flexibility index (Phi) is 8.57. The molecule has 1 aliphatic rings. The fourth-order valence-corrected chi connectivity index (χ4v) is 6.64. The minimum absolute atomic E-state index is 0.126. The van der Waals surface area contributed by atoms with Crippen LogP contribution in [-0.2, 0) is 9.53 Å². The number of carbonyl (C=O) groups excluding carboxylic acids is 1. The minimum atomic E-state index is -0.916. The summed E-state index contributed by atoms with van der Waals surface area (Å²) in [6, 6.07) is 20.0. The van der Waals surface area contributed by atoms with E-state index in [1.54, 1.807) is 50.3 Å². The molecule has 0 saturated carbocycles. The van der Waals surface area contributed by atoms with Crippen molar-refractivity contribution in [3.8, 4) is 17.2 Å². The summed E-state index contributed by atoms with van der Waals surface area (Å²) < 4.78 is 18.8. The van der Waals surface area contributed by atoms with Crippen molar-refractivity contribution in [2.24, 2.45) is 4.99 Å². The molecule has 5 aromatic rings. The normalized spacial score (nSPS) is 14.3. The lowest BCUT2D eigenvalue weighted by atomic mass is 9.90. The van der Waals surface area contributed by atoms with E-state index in [-0.39, 0.29) is 23.7 Å². The SMILES string of the molecule is CCOC(=O)C1=C(C)N=c2s/c(=C\c3cccc(Oc4ccc([N+](=O)[O-])cc4[N+](=O)[O-])c3)c(=O)n2[C@@H]1c1c(OC)ccc2ccccc12. The largest absolute Gasteiger partial charge is 0.496 e. The van der Waals surface area contributed by atoms with Crippen LogP contribution in [0.4, 0.5) is 11.4 Å². The predicted octanol–water partition coefficient (Wildman–Crippen LogP) is 5.57. The summed E-state index contributed by atoms with van der Waals surface area (Å²) in [5.74, 6) is -0.103. The number of nitro groups is 2. The molecular weight excluding hydrogens is 640 g/mol. The van der Waals surface area contributed by atoms with Crippen LogP contribution in [0.3, 0.4) is 0 Å². The fraction of sp³-hybridized carbons (Fsp3) is 0.147. The van der Waals surface area contributed by atoms with Crippen LogP contribution in [0.15, 0.2) is 99.9 Å². The third-order valence-corrected chi connectivity index (χ3v) is 8.66. The summed E-state index contributed by atoms with van der Waals surface area (Å²) in [7, 11) is 1.53. The van der Waals surface area contributed by atoms with E-state index in [1.807, 2.05) is 30.3 Å². The van der Waals surface area contributed by atoms with Crippen molar-refractivity contribution >= 4 is 45.5 Å². The number of carbonyl (C=O) groups is 1. The molecule has 0 spiro atoms. The van der Waals surface area contributed by atoms with Crippen molar-refractivity contribution in [3.05, 3.63) is 141 Å². The molecule has 6 rings (SSSR count). The van der Waals surface area contributed by atoms with Crippen LogP contribution in [0.1, 0.15) is 31.0 Å². The zero-order chi connectivity index (χ0) is 34.1. The highest BCUT2D eigenvalue weighted by Crippen LogP contribution is 2.40. The summed E-state index contributed by atoms with van der Waals surface area (Å²) in [6.07, 6.45) is 1.63. The number of hydrogen-bond acceptors (Lipinski definition) is 11. The molecule has 0 amide bonds. The smallest absolute Gasteiger partial charge is 0.338 e. The monoisotopic (exact) mass is 666 g/mol. The molecule has 4 aromatic carbocycles. The number of rotatable bonds is 9. The molecule has 242 valence electrons. The summed E-state index contributed by atoms with van der Waals surface area (Å²) in [5.41, 5.74) is 0.333. The Hall–Kier alpha value is -6.15. The van der Waals surface area contributed by atoms with Gasteiger partial charge in [-0.25, -0.2) is 9.79 Å². The van der Waals surface area contributed by atoms with Crippen molar-refractivity contribution < 1.29 is 28.9 Å². The lowest BCUT2D eigenvalue weighted by Crippen LogP contribution is -2.40. The van der Waals surface area contributed by atoms with Crippen LogP contribution in [-0.4, -0.2) is 34.1 Å². The van der Waals surface area contributed by atoms with Crippen molar-refractivity contribution in [2.75, 3.05) is 13.7 Å². The van der Waals surface area contributed by atoms with Crippen LogP contribution in [0.2, 0.25) is 0 Å². The zero-order valence-electron chi connectivity index (χ0n) is 25.7. The van der Waals surface area contributed by atoms with Gasteiger partial charge in [0.15, 0.2) is 4.80 Å². The third-order valence-electron chi connectivity index (χ3n) is 7.67. The molecule has 0 aliphatic carbocycles. The van der Waals surface area contributed by atoms with E-state index in [2.05, 4.69) is 4.99 Å². The first-order chi connectivity index (χ1) is 23.1. The van der Waals surface area contributed by atoms with E-state index in [4.69, 9.17) is 14.2 Å². The second kappa shape index (κ2) is 12.9. The van der Waals surface area contributed by atoms with Gasteiger partial charge >= 0.3 is 11.7 Å². The number of nitro benzene ring substituents is 2. The molecule has 1 aliphatic heterocycles. The van der Waals surface area contributed by atoms with Crippen molar-refractivity contribution in [2.45, 2.75) is 19.9 Å². The quantitative estimate of drug-likeness (QED) is 0.111. The van der Waals surface area contributed by atoms with Gasteiger partial charge < -0.3 is 14.2 Å². The molecule has 0 N–H and O–H groups in total. The number of hydrogen-bond donors (Lipinski definition) is 0. The number of nitrogens with zero attached hydrogens (tertiary/aromatic N) is 4. The number of allylic oxidation sites excluding steroid dienone is 1. The standard InChI is InChI=1S/C34H26N4O9S/c1-4-46-33(40)29-19(2)35-34-36(31(29)30-24-11-6-5-9-21(24)12-14-27(30)45-3)32(39)28(48-34)17-20-8-7-10-23(16-20)47-26-15-13-22(37(41)42)18-25(26)38(43)44/h5-18,31H,4H2,1-3H3/b28-17-/t31-/m0/s1. The molecular formula is C34H26N4O9S. The third kappa shape index (κ3) is 5.80. The topological polar surface area (TPSA) is 165 Å². The number of aromatic nitrogens is 1. The van der Waals surface area contributed by atoms with Gasteiger partial charge in [-0.05, 0) is 60.5 Å². The number of benzene rings is 4. The van der Waals surface area contributed by atoms with E-state index in [0.717, 1.165) is 40.3 Å². The maximum atomic E-state index is 14.3. The lowest BCUT2D eigenvalue weighted by molar-refractivity contribution is -0.394. The van der Waals surface area contributed by atoms with E-state index in [1.165, 1.54) is 11.7 Å². The van der Waals surface area contributed by atoms with Gasteiger partial charge in [-0.2, -0.15) is 0 Å². The molecule has 48 heavy (non-hydrogen) atoms. The van der Waals surface area contributed by atoms with Gasteiger partial charge in [0.1, 0.15) is 17.5 Å². The Morgan fingerprint density at radius 1 is 1.00 bits per heavy atom. The van der Waals surface area contributed by atoms with Crippen LogP contribution in [0, 0.1) is 20.2 Å². The number of non-ortho nitro benzene ring substituents is 1. The van der Waals surface area contributed by atoms with E-state index in [0.29, 0.717) is 31.9 Å². The molecule has 0 saturated heterocycles. The highest BCUT2D eigenvalue weighted by atomic mass is 32.1. The highest BCUT2D eigenvalue weighted by Gasteiger charge is 2.36. The molecule has 1 aromatic heterocycles. The average molecular weight is 667 g/mol. The van der Waals surface area contributed by atoms with Gasteiger partial charge in [0, 0.05) is 11.6 Å². The second-order valence-corrected chi connectivity index (χ2v) is 11.6. The Balaban J connectivity index is 1.49. The molecule has 0 fully saturated rings. The number of thiazole rings is 1. The fourth-order valence-electron chi connectivity index (χ4n) is 5.59. The summed E-state index contributed by atoms with van der Waals surface area (Å²) >= 11 is 1.13. The molecule has 2 heterocycles. The van der Waals surface area contributed by atoms with Crippen molar-refractivity contribution in [1.29, 1.82) is 0 Å². The lowest BCUT2D eigenvalue weighted by Gasteiger charge is -2.27. The highest BCUT2D eigenvalue weighted by molar-refractivity contribution is 7.07. The Labute approximate surface area is 275 Å². The molecule has 13 nitrogen and oxygen atoms in total. The first-order valence-electron chi connectivity index (χ1n) is 14.6. The van der Waals surface area contributed by atoms with Crippen LogP contribution < -0.4 is 24.4 Å². The van der Waals surface area contributed by atoms with Crippen LogP contribution >= 0.6 is 11.3 Å². The van der Waals surface area contributed by atoms with Crippen LogP contribution in [0.25, 0.3) is 16.8 Å². The zero-order valence-corrected chi connectivity index (χ0v) is 26.6. The summed E-state index contributed by atoms with van der Waals surface area (Å²) in [6.45, 7) is 3.53. The molecule has 0 bridgehead atoms. The van der Waals surface area contributed by atoms with Gasteiger partial charge in [-0.3, -0.25) is 29.6 Å². The summed E-state index contributed by atoms with van der Waals surface area (Å²) in [4.78, 5) is 54.0. The van der Waals surface area contributed by atoms with Gasteiger partial charge in [-0.15, -0.1) is 0 Å². The maximum Gasteiger partial charge on any atom is 0.338 e. The van der Waals surface area contributed by atoms with Crippen molar-refractivity contribution in [3.63, 3.8) is 0 Å². The number of methoxy groups -OCH3 is 1. The molecule has 14 heteroatoms. The maximum absolute atomic E-state index is 14.3. The Morgan fingerprint density at radius 3 is 2.50 bits per heavy atom. The predicted molar refractivity (Wildman–Crippen MR) is 177 cm³/mol. The molecule has 0 radical (unpaired) electrons. The Bertz CT molecular complexity index is 2360. The summed E-state index contributed by atoms with van der Waals surface area (Å²) in [5, 5.41) is 24.4. The molecule has 1 atom stereocenters. The van der Waals surface area contributed by atoms with Gasteiger partial charge in [-0.1, -0.05) is 53.8 Å². The first-order valence-corrected chi connectivity index (χ1v) is 15.4. The minimum Gasteiger partial charge on any atom is -0.496 e. The van der Waals surface area contributed by atoms with Gasteiger partial charge in [0.05, 0.1) is 45.4 Å². The molecule has 0 unspecified atom stereocenters. The number of ether oxygens (including phenoxy) is 3. The van der Waals surface area contributed by atoms with Gasteiger partial charge in [0.2, 0.25) is 5.75 Å². The van der Waals surface area contributed by atoms with Crippen molar-refractivity contribution in [1.82, 2.24) is 4.57 Å². The number of fused-ring (bicyclic) bond motifs is 2. The van der Waals surface area contributed by atoms with Gasteiger partial charge in [0.25, 0.3) is 11.2 Å². The Morgan fingerprint density at radius 2 is 1.77 bits per heavy atom. The van der Waals surface area contributed by atoms with Crippen LogP contribution in [0.5, 0.6) is 17.2 Å². The second-order valence-electron chi connectivity index (χ2n) is 10.5. The van der Waals surface area contributed by atoms with E-state index >= 15 is 0 Å². The first kappa shape index (κ1) is 31.8. The van der Waals surface area contributed by atoms with E-state index < -0.39 is 38.8 Å². The number of esters is 1. The van der Waals surface area contributed by atoms with E-state index in [9.17, 15) is 29.8 Å². The average Bonchev–Trinajstić information content (AvgIpc) is 3.37.